The average Bonchev–Trinajstić information content (AvgIpc) is 2.79. The van der Waals surface area contributed by atoms with Crippen molar-refractivity contribution in [1.82, 2.24) is 0 Å². The van der Waals surface area contributed by atoms with Crippen LogP contribution in [-0.2, 0) is 24.2 Å². The number of rotatable bonds is 3. The van der Waals surface area contributed by atoms with Gasteiger partial charge in [0.05, 0.1) is 17.9 Å². The Morgan fingerprint density at radius 3 is 2.70 bits per heavy atom. The van der Waals surface area contributed by atoms with Crippen LogP contribution in [-0.4, -0.2) is 40.2 Å². The number of esters is 1. The summed E-state index contributed by atoms with van der Waals surface area (Å²) in [5.41, 5.74) is 0.476. The number of nitrogens with zero attached hydrogens (tertiary/aromatic N) is 1. The van der Waals surface area contributed by atoms with Gasteiger partial charge in [0.2, 0.25) is 5.91 Å². The van der Waals surface area contributed by atoms with E-state index < -0.39 is 21.7 Å². The topological polar surface area (TPSA) is 80.8 Å². The summed E-state index contributed by atoms with van der Waals surface area (Å²) >= 11 is 0. The zero-order valence-corrected chi connectivity index (χ0v) is 12.0. The molecular formula is C13H15NO5S. The molecule has 6 nitrogen and oxygen atoms in total. The van der Waals surface area contributed by atoms with Gasteiger partial charge in [-0.15, -0.1) is 0 Å². The molecule has 20 heavy (non-hydrogen) atoms. The second kappa shape index (κ2) is 5.24. The van der Waals surface area contributed by atoms with Crippen molar-refractivity contribution in [3.8, 4) is 0 Å². The van der Waals surface area contributed by atoms with E-state index in [1.807, 2.05) is 0 Å². The van der Waals surface area contributed by atoms with Gasteiger partial charge in [0.15, 0.2) is 9.84 Å². The molecule has 0 aromatic heterocycles. The number of carbonyl (C=O) groups excluding carboxylic acids is 2. The standard InChI is InChI=1S/C13H15NO5S/c1-19-13(16)9-6-12(15)14(8-9)10-4-3-5-11(7-10)20(2,17)18/h3-5,7,9H,6,8H2,1-2H3. The summed E-state index contributed by atoms with van der Waals surface area (Å²) in [6, 6.07) is 6.13. The van der Waals surface area contributed by atoms with Gasteiger partial charge in [0, 0.05) is 24.9 Å². The highest BCUT2D eigenvalue weighted by atomic mass is 32.2. The second-order valence-corrected chi connectivity index (χ2v) is 6.71. The molecule has 0 N–H and O–H groups in total. The summed E-state index contributed by atoms with van der Waals surface area (Å²) in [6.07, 6.45) is 1.19. The van der Waals surface area contributed by atoms with Crippen molar-refractivity contribution in [3.05, 3.63) is 24.3 Å². The molecule has 0 saturated carbocycles. The first-order valence-electron chi connectivity index (χ1n) is 6.01. The molecule has 0 bridgehead atoms. The molecule has 1 aromatic carbocycles. The third-order valence-electron chi connectivity index (χ3n) is 3.22. The Hall–Kier alpha value is -1.89. The minimum Gasteiger partial charge on any atom is -0.469 e. The van der Waals surface area contributed by atoms with Gasteiger partial charge in [-0.3, -0.25) is 9.59 Å². The monoisotopic (exact) mass is 297 g/mol. The largest absolute Gasteiger partial charge is 0.469 e. The smallest absolute Gasteiger partial charge is 0.311 e. The summed E-state index contributed by atoms with van der Waals surface area (Å²) in [6.45, 7) is 0.207. The Labute approximate surface area is 117 Å². The molecule has 1 aliphatic rings. The van der Waals surface area contributed by atoms with Gasteiger partial charge < -0.3 is 9.64 Å². The van der Waals surface area contributed by atoms with Gasteiger partial charge >= 0.3 is 5.97 Å². The lowest BCUT2D eigenvalue weighted by atomic mass is 10.1. The number of methoxy groups -OCH3 is 1. The molecule has 7 heteroatoms. The predicted molar refractivity (Wildman–Crippen MR) is 72.0 cm³/mol. The van der Waals surface area contributed by atoms with Crippen LogP contribution in [0.15, 0.2) is 29.2 Å². The highest BCUT2D eigenvalue weighted by molar-refractivity contribution is 7.90. The molecular weight excluding hydrogens is 282 g/mol. The lowest BCUT2D eigenvalue weighted by Crippen LogP contribution is -2.26. The molecule has 1 heterocycles. The van der Waals surface area contributed by atoms with Crippen molar-refractivity contribution in [3.63, 3.8) is 0 Å². The molecule has 0 radical (unpaired) electrons. The molecule has 1 unspecified atom stereocenters. The van der Waals surface area contributed by atoms with E-state index in [4.69, 9.17) is 0 Å². The molecule has 1 fully saturated rings. The van der Waals surface area contributed by atoms with E-state index in [1.165, 1.54) is 24.1 Å². The van der Waals surface area contributed by atoms with Crippen molar-refractivity contribution < 1.29 is 22.7 Å². The summed E-state index contributed by atoms with van der Waals surface area (Å²) in [7, 11) is -2.06. The number of carbonyl (C=O) groups is 2. The summed E-state index contributed by atoms with van der Waals surface area (Å²) in [5, 5.41) is 0. The number of sulfone groups is 1. The highest BCUT2D eigenvalue weighted by Gasteiger charge is 2.35. The first-order chi connectivity index (χ1) is 9.32. The number of hydrogen-bond acceptors (Lipinski definition) is 5. The number of benzene rings is 1. The van der Waals surface area contributed by atoms with E-state index in [0.717, 1.165) is 6.26 Å². The molecule has 1 aliphatic heterocycles. The normalized spacial score (nSPS) is 19.2. The molecule has 0 aliphatic carbocycles. The van der Waals surface area contributed by atoms with Crippen molar-refractivity contribution in [2.45, 2.75) is 11.3 Å². The minimum atomic E-state index is -3.34. The van der Waals surface area contributed by atoms with E-state index in [0.29, 0.717) is 5.69 Å². The molecule has 1 amide bonds. The predicted octanol–water partition coefficient (Wildman–Crippen LogP) is 0.616. The van der Waals surface area contributed by atoms with Crippen LogP contribution >= 0.6 is 0 Å². The van der Waals surface area contributed by atoms with Crippen LogP contribution < -0.4 is 4.90 Å². The SMILES string of the molecule is COC(=O)C1CC(=O)N(c2cccc(S(C)(=O)=O)c2)C1. The van der Waals surface area contributed by atoms with E-state index in [-0.39, 0.29) is 23.8 Å². The maximum absolute atomic E-state index is 11.9. The van der Waals surface area contributed by atoms with E-state index in [9.17, 15) is 18.0 Å². The fourth-order valence-electron chi connectivity index (χ4n) is 2.16. The summed E-state index contributed by atoms with van der Waals surface area (Å²) in [5.74, 6) is -1.15. The number of ether oxygens (including phenoxy) is 1. The third-order valence-corrected chi connectivity index (χ3v) is 4.33. The van der Waals surface area contributed by atoms with Gasteiger partial charge in [-0.05, 0) is 18.2 Å². The van der Waals surface area contributed by atoms with Crippen molar-refractivity contribution in [2.75, 3.05) is 24.8 Å². The Balaban J connectivity index is 2.29. The molecule has 1 saturated heterocycles. The van der Waals surface area contributed by atoms with Gasteiger partial charge in [0.25, 0.3) is 0 Å². The molecule has 1 atom stereocenters. The fraction of sp³-hybridized carbons (Fsp3) is 0.385. The fourth-order valence-corrected chi connectivity index (χ4v) is 2.82. The number of anilines is 1. The van der Waals surface area contributed by atoms with Gasteiger partial charge in [-0.1, -0.05) is 6.07 Å². The van der Waals surface area contributed by atoms with Gasteiger partial charge in [0.1, 0.15) is 0 Å². The highest BCUT2D eigenvalue weighted by Crippen LogP contribution is 2.27. The van der Waals surface area contributed by atoms with E-state index >= 15 is 0 Å². The first-order valence-corrected chi connectivity index (χ1v) is 7.90. The molecule has 2 rings (SSSR count). The third kappa shape index (κ3) is 2.82. The lowest BCUT2D eigenvalue weighted by molar-refractivity contribution is -0.145. The minimum absolute atomic E-state index is 0.0791. The van der Waals surface area contributed by atoms with Crippen molar-refractivity contribution in [1.29, 1.82) is 0 Å². The Morgan fingerprint density at radius 2 is 2.10 bits per heavy atom. The van der Waals surface area contributed by atoms with Gasteiger partial charge in [-0.25, -0.2) is 8.42 Å². The van der Waals surface area contributed by atoms with E-state index in [2.05, 4.69) is 4.74 Å². The summed E-state index contributed by atoms with van der Waals surface area (Å²) < 4.78 is 27.7. The number of amides is 1. The number of hydrogen-bond donors (Lipinski definition) is 0. The van der Waals surface area contributed by atoms with Crippen LogP contribution in [0.3, 0.4) is 0 Å². The summed E-state index contributed by atoms with van der Waals surface area (Å²) in [4.78, 5) is 25.0. The van der Waals surface area contributed by atoms with Crippen molar-refractivity contribution in [2.24, 2.45) is 5.92 Å². The van der Waals surface area contributed by atoms with Crippen LogP contribution in [0.4, 0.5) is 5.69 Å². The zero-order valence-electron chi connectivity index (χ0n) is 11.2. The maximum atomic E-state index is 11.9. The van der Waals surface area contributed by atoms with Crippen LogP contribution in [0.2, 0.25) is 0 Å². The second-order valence-electron chi connectivity index (χ2n) is 4.70. The first kappa shape index (κ1) is 14.5. The zero-order chi connectivity index (χ0) is 14.9. The van der Waals surface area contributed by atoms with E-state index in [1.54, 1.807) is 12.1 Å². The van der Waals surface area contributed by atoms with Crippen LogP contribution in [0.1, 0.15) is 6.42 Å². The Bertz CT molecular complexity index is 652. The maximum Gasteiger partial charge on any atom is 0.311 e. The van der Waals surface area contributed by atoms with Gasteiger partial charge in [-0.2, -0.15) is 0 Å². The van der Waals surface area contributed by atoms with Crippen molar-refractivity contribution >= 4 is 27.4 Å². The lowest BCUT2D eigenvalue weighted by Gasteiger charge is -2.17. The quantitative estimate of drug-likeness (QED) is 0.764. The van der Waals surface area contributed by atoms with Crippen LogP contribution in [0, 0.1) is 5.92 Å². The Morgan fingerprint density at radius 1 is 1.40 bits per heavy atom. The Kier molecular flexibility index (Phi) is 3.80. The molecule has 0 spiro atoms. The molecule has 108 valence electrons. The molecule has 1 aromatic rings. The average molecular weight is 297 g/mol. The van der Waals surface area contributed by atoms with Crippen LogP contribution in [0.5, 0.6) is 0 Å². The van der Waals surface area contributed by atoms with Crippen LogP contribution in [0.25, 0.3) is 0 Å².